The van der Waals surface area contributed by atoms with Crippen LogP contribution in [0.3, 0.4) is 0 Å². The van der Waals surface area contributed by atoms with E-state index in [0.717, 1.165) is 36.4 Å². The molecule has 0 radical (unpaired) electrons. The largest absolute Gasteiger partial charge is 0.367 e. The fourth-order valence-corrected chi connectivity index (χ4v) is 3.35. The van der Waals surface area contributed by atoms with Gasteiger partial charge in [0.15, 0.2) is 11.4 Å². The van der Waals surface area contributed by atoms with Crippen LogP contribution >= 0.6 is 0 Å². The number of hydrogen-bond donors (Lipinski definition) is 1. The summed E-state index contributed by atoms with van der Waals surface area (Å²) < 4.78 is 1.84. The van der Waals surface area contributed by atoms with E-state index in [2.05, 4.69) is 15.4 Å². The molecule has 0 saturated carbocycles. The third-order valence-corrected chi connectivity index (χ3v) is 4.41. The fraction of sp³-hybridized carbons (Fsp3) is 0.353. The van der Waals surface area contributed by atoms with Crippen molar-refractivity contribution in [3.63, 3.8) is 0 Å². The molecule has 1 unspecified atom stereocenters. The van der Waals surface area contributed by atoms with Crippen molar-refractivity contribution in [2.45, 2.75) is 38.6 Å². The zero-order valence-corrected chi connectivity index (χ0v) is 12.5. The van der Waals surface area contributed by atoms with Crippen molar-refractivity contribution in [3.8, 4) is 0 Å². The highest BCUT2D eigenvalue weighted by Gasteiger charge is 2.23. The van der Waals surface area contributed by atoms with Crippen LogP contribution in [0.4, 0.5) is 5.82 Å². The van der Waals surface area contributed by atoms with E-state index < -0.39 is 0 Å². The Morgan fingerprint density at radius 3 is 3.18 bits per heavy atom. The second-order valence-electron chi connectivity index (χ2n) is 6.07. The number of nitrogens with one attached hydrogen (secondary N) is 1. The molecule has 0 bridgehead atoms. The predicted octanol–water partition coefficient (Wildman–Crippen LogP) is 2.83. The van der Waals surface area contributed by atoms with Gasteiger partial charge in [0.05, 0.1) is 6.20 Å². The van der Waals surface area contributed by atoms with Crippen LogP contribution in [-0.4, -0.2) is 26.4 Å². The molecule has 5 nitrogen and oxygen atoms in total. The van der Waals surface area contributed by atoms with Gasteiger partial charge in [-0.1, -0.05) is 11.6 Å². The van der Waals surface area contributed by atoms with E-state index in [9.17, 15) is 4.79 Å². The minimum Gasteiger partial charge on any atom is -0.367 e. The average molecular weight is 294 g/mol. The topological polar surface area (TPSA) is 59.3 Å². The van der Waals surface area contributed by atoms with Gasteiger partial charge in [-0.25, -0.2) is 4.98 Å². The summed E-state index contributed by atoms with van der Waals surface area (Å²) in [5.41, 5.74) is 4.49. The summed E-state index contributed by atoms with van der Waals surface area (Å²) in [6, 6.07) is 4.31. The molecule has 2 aliphatic rings. The summed E-state index contributed by atoms with van der Waals surface area (Å²) in [7, 11) is 0. The minimum atomic E-state index is 0.230. The van der Waals surface area contributed by atoms with Gasteiger partial charge in [-0.3, -0.25) is 4.79 Å². The molecule has 0 fully saturated rings. The molecule has 1 N–H and O–H groups in total. The van der Waals surface area contributed by atoms with Crippen molar-refractivity contribution in [2.75, 3.05) is 5.32 Å². The third kappa shape index (κ3) is 2.32. The second-order valence-corrected chi connectivity index (χ2v) is 6.07. The molecule has 1 atom stereocenters. The molecule has 2 aromatic rings. The molecule has 0 saturated heterocycles. The van der Waals surface area contributed by atoms with Crippen LogP contribution in [0.5, 0.6) is 0 Å². The van der Waals surface area contributed by atoms with E-state index in [0.29, 0.717) is 12.5 Å². The van der Waals surface area contributed by atoms with Crippen molar-refractivity contribution in [1.82, 2.24) is 14.6 Å². The summed E-state index contributed by atoms with van der Waals surface area (Å²) in [6.07, 6.45) is 9.09. The Hall–Kier alpha value is -2.43. The van der Waals surface area contributed by atoms with Crippen molar-refractivity contribution in [2.24, 2.45) is 0 Å². The van der Waals surface area contributed by atoms with Gasteiger partial charge in [0, 0.05) is 30.3 Å². The number of anilines is 1. The van der Waals surface area contributed by atoms with E-state index in [-0.39, 0.29) is 5.78 Å². The highest BCUT2D eigenvalue weighted by molar-refractivity contribution is 5.93. The number of ketones is 1. The second kappa shape index (κ2) is 5.09. The van der Waals surface area contributed by atoms with Crippen LogP contribution < -0.4 is 5.32 Å². The minimum absolute atomic E-state index is 0.230. The number of carbonyl (C=O) groups is 1. The molecule has 2 heterocycles. The molecule has 2 aliphatic carbocycles. The van der Waals surface area contributed by atoms with Crippen molar-refractivity contribution in [1.29, 1.82) is 0 Å². The molecule has 0 amide bonds. The Labute approximate surface area is 128 Å². The quantitative estimate of drug-likeness (QED) is 0.925. The Bertz CT molecular complexity index is 815. The zero-order chi connectivity index (χ0) is 15.1. The lowest BCUT2D eigenvalue weighted by molar-refractivity contribution is -0.114. The lowest BCUT2D eigenvalue weighted by Crippen LogP contribution is -2.26. The number of carbonyl (C=O) groups excluding carboxylic acids is 1. The van der Waals surface area contributed by atoms with Crippen molar-refractivity contribution >= 4 is 17.2 Å². The third-order valence-electron chi connectivity index (χ3n) is 4.41. The van der Waals surface area contributed by atoms with E-state index >= 15 is 0 Å². The predicted molar refractivity (Wildman–Crippen MR) is 84.8 cm³/mol. The fourth-order valence-electron chi connectivity index (χ4n) is 3.35. The highest BCUT2D eigenvalue weighted by atomic mass is 16.1. The number of aromatic nitrogens is 3. The van der Waals surface area contributed by atoms with Crippen LogP contribution in [0, 0.1) is 6.92 Å². The number of rotatable bonds is 2. The van der Waals surface area contributed by atoms with Crippen LogP contribution in [0.2, 0.25) is 0 Å². The monoisotopic (exact) mass is 294 g/mol. The van der Waals surface area contributed by atoms with Gasteiger partial charge >= 0.3 is 0 Å². The molecule has 4 rings (SSSR count). The first-order valence-electron chi connectivity index (χ1n) is 7.69. The van der Waals surface area contributed by atoms with Gasteiger partial charge in [-0.2, -0.15) is 9.61 Å². The van der Waals surface area contributed by atoms with Gasteiger partial charge in [0.2, 0.25) is 0 Å². The van der Waals surface area contributed by atoms with Gasteiger partial charge in [0.25, 0.3) is 0 Å². The van der Waals surface area contributed by atoms with Crippen LogP contribution in [-0.2, 0) is 4.79 Å². The Balaban J connectivity index is 1.58. The van der Waals surface area contributed by atoms with E-state index in [4.69, 9.17) is 0 Å². The number of fused-ring (bicyclic) bond motifs is 1. The molecule has 0 aromatic carbocycles. The maximum atomic E-state index is 11.5. The smallest absolute Gasteiger partial charge is 0.159 e. The summed E-state index contributed by atoms with van der Waals surface area (Å²) in [5, 5.41) is 7.94. The Morgan fingerprint density at radius 2 is 2.27 bits per heavy atom. The maximum Gasteiger partial charge on any atom is 0.159 e. The summed E-state index contributed by atoms with van der Waals surface area (Å²) in [5.74, 6) is 1.21. The lowest BCUT2D eigenvalue weighted by atomic mass is 9.83. The molecule has 22 heavy (non-hydrogen) atoms. The van der Waals surface area contributed by atoms with Crippen molar-refractivity contribution < 1.29 is 4.79 Å². The van der Waals surface area contributed by atoms with Crippen LogP contribution in [0.1, 0.15) is 31.4 Å². The highest BCUT2D eigenvalue weighted by Crippen LogP contribution is 2.32. The Morgan fingerprint density at radius 1 is 1.36 bits per heavy atom. The first kappa shape index (κ1) is 13.2. The van der Waals surface area contributed by atoms with Gasteiger partial charge < -0.3 is 5.32 Å². The van der Waals surface area contributed by atoms with E-state index in [1.807, 2.05) is 29.6 Å². The first-order valence-corrected chi connectivity index (χ1v) is 7.69. The average Bonchev–Trinajstić information content (AvgIpc) is 2.95. The van der Waals surface area contributed by atoms with Gasteiger partial charge in [-0.05, 0) is 37.8 Å². The van der Waals surface area contributed by atoms with Crippen molar-refractivity contribution in [3.05, 3.63) is 47.3 Å². The van der Waals surface area contributed by atoms with Crippen LogP contribution in [0.25, 0.3) is 5.65 Å². The first-order chi connectivity index (χ1) is 10.7. The molecule has 5 heteroatoms. The SMILES string of the molecule is Cc1cc(NC2CCC3=C(C=CC(=O)C3)C2)n2nccc2n1. The molecule has 112 valence electrons. The lowest BCUT2D eigenvalue weighted by Gasteiger charge is -2.29. The number of allylic oxidation sites excluding steroid dienone is 3. The molecule has 2 aromatic heterocycles. The zero-order valence-electron chi connectivity index (χ0n) is 12.5. The maximum absolute atomic E-state index is 11.5. The normalized spacial score (nSPS) is 21.3. The number of nitrogens with zero attached hydrogens (tertiary/aromatic N) is 3. The summed E-state index contributed by atoms with van der Waals surface area (Å²) in [6.45, 7) is 2.00. The molecule has 0 aliphatic heterocycles. The van der Waals surface area contributed by atoms with E-state index in [1.165, 1.54) is 11.1 Å². The molecule has 0 spiro atoms. The number of hydrogen-bond acceptors (Lipinski definition) is 4. The van der Waals surface area contributed by atoms with E-state index in [1.54, 1.807) is 12.3 Å². The van der Waals surface area contributed by atoms with Crippen LogP contribution in [0.15, 0.2) is 41.6 Å². The standard InChI is InChI=1S/C17H18N4O/c1-11-8-17(21-16(19-11)6-7-18-21)20-14-4-2-13-10-15(22)5-3-12(13)9-14/h3,5-8,14,20H,2,4,9-10H2,1H3. The van der Waals surface area contributed by atoms with Gasteiger partial charge in [-0.15, -0.1) is 0 Å². The molecular weight excluding hydrogens is 276 g/mol. The molecular formula is C17H18N4O. The Kier molecular flexibility index (Phi) is 3.06. The number of aryl methyl sites for hydroxylation is 1. The summed E-state index contributed by atoms with van der Waals surface area (Å²) >= 11 is 0. The summed E-state index contributed by atoms with van der Waals surface area (Å²) in [4.78, 5) is 16.0. The van der Waals surface area contributed by atoms with Gasteiger partial charge in [0.1, 0.15) is 5.82 Å².